The van der Waals surface area contributed by atoms with Crippen molar-refractivity contribution in [3.63, 3.8) is 0 Å². The zero-order valence-electron chi connectivity index (χ0n) is 11.6. The van der Waals surface area contributed by atoms with Crippen molar-refractivity contribution >= 4 is 5.91 Å². The smallest absolute Gasteiger partial charge is 0.260 e. The second-order valence-corrected chi connectivity index (χ2v) is 4.62. The van der Waals surface area contributed by atoms with E-state index in [2.05, 4.69) is 5.32 Å². The van der Waals surface area contributed by atoms with E-state index in [0.29, 0.717) is 6.54 Å². The molecule has 0 spiro atoms. The number of likely N-dealkylation sites (N-methyl/N-ethyl adjacent to an activating group) is 1. The molecule has 0 saturated heterocycles. The molecule has 1 unspecified atom stereocenters. The van der Waals surface area contributed by atoms with Crippen LogP contribution >= 0.6 is 0 Å². The van der Waals surface area contributed by atoms with Gasteiger partial charge in [0.15, 0.2) is 6.10 Å². The molecule has 0 aromatic heterocycles. The van der Waals surface area contributed by atoms with Gasteiger partial charge in [-0.25, -0.2) is 0 Å². The van der Waals surface area contributed by atoms with Gasteiger partial charge in [0.05, 0.1) is 0 Å². The summed E-state index contributed by atoms with van der Waals surface area (Å²) in [5.74, 6) is 0.674. The number of hydrogen-bond donors (Lipinski definition) is 1. The van der Waals surface area contributed by atoms with Crippen molar-refractivity contribution in [1.82, 2.24) is 10.2 Å². The summed E-state index contributed by atoms with van der Waals surface area (Å²) < 4.78 is 5.64. The summed E-state index contributed by atoms with van der Waals surface area (Å²) in [5.41, 5.74) is 1.03. The topological polar surface area (TPSA) is 41.6 Å². The molecule has 1 aromatic carbocycles. The molecule has 0 saturated carbocycles. The zero-order valence-corrected chi connectivity index (χ0v) is 11.6. The SMILES string of the molecule is Cc1ccccc1OC(C)C(=O)NCCN(C)C. The fourth-order valence-electron chi connectivity index (χ4n) is 1.48. The molecule has 1 amide bonds. The highest BCUT2D eigenvalue weighted by molar-refractivity contribution is 5.80. The Morgan fingerprint density at radius 3 is 2.67 bits per heavy atom. The van der Waals surface area contributed by atoms with Crippen LogP contribution in [0.2, 0.25) is 0 Å². The maximum absolute atomic E-state index is 11.8. The monoisotopic (exact) mass is 250 g/mol. The van der Waals surface area contributed by atoms with Crippen LogP contribution in [0, 0.1) is 6.92 Å². The third-order valence-corrected chi connectivity index (χ3v) is 2.62. The van der Waals surface area contributed by atoms with Gasteiger partial charge in [0.1, 0.15) is 5.75 Å². The highest BCUT2D eigenvalue weighted by atomic mass is 16.5. The molecule has 0 aliphatic rings. The standard InChI is InChI=1S/C14H22N2O2/c1-11-7-5-6-8-13(11)18-12(2)14(17)15-9-10-16(3)4/h5-8,12H,9-10H2,1-4H3,(H,15,17). The van der Waals surface area contributed by atoms with Gasteiger partial charge in [-0.1, -0.05) is 18.2 Å². The van der Waals surface area contributed by atoms with Crippen LogP contribution in [0.3, 0.4) is 0 Å². The summed E-state index contributed by atoms with van der Waals surface area (Å²) in [4.78, 5) is 13.8. The van der Waals surface area contributed by atoms with Crippen molar-refractivity contribution < 1.29 is 9.53 Å². The van der Waals surface area contributed by atoms with Crippen LogP contribution in [-0.4, -0.2) is 44.1 Å². The molecule has 0 heterocycles. The summed E-state index contributed by atoms with van der Waals surface area (Å²) in [6.45, 7) is 5.18. The number of hydrogen-bond acceptors (Lipinski definition) is 3. The molecule has 0 radical (unpaired) electrons. The minimum absolute atomic E-state index is 0.0832. The average Bonchev–Trinajstić information content (AvgIpc) is 2.31. The van der Waals surface area contributed by atoms with E-state index in [9.17, 15) is 4.79 Å². The molecule has 0 aliphatic heterocycles. The van der Waals surface area contributed by atoms with Crippen molar-refractivity contribution in [2.24, 2.45) is 0 Å². The van der Waals surface area contributed by atoms with Crippen LogP contribution in [0.15, 0.2) is 24.3 Å². The van der Waals surface area contributed by atoms with Crippen molar-refractivity contribution in [3.05, 3.63) is 29.8 Å². The first-order chi connectivity index (χ1) is 8.50. The summed E-state index contributed by atoms with van der Waals surface area (Å²) >= 11 is 0. The molecule has 0 fully saturated rings. The number of benzene rings is 1. The van der Waals surface area contributed by atoms with Crippen LogP contribution in [-0.2, 0) is 4.79 Å². The highest BCUT2D eigenvalue weighted by Gasteiger charge is 2.14. The third-order valence-electron chi connectivity index (χ3n) is 2.62. The van der Waals surface area contributed by atoms with Gasteiger partial charge in [0.2, 0.25) is 0 Å². The normalized spacial score (nSPS) is 12.3. The number of rotatable bonds is 6. The summed E-state index contributed by atoms with van der Waals surface area (Å²) in [5, 5.41) is 2.85. The van der Waals surface area contributed by atoms with Gasteiger partial charge in [-0.3, -0.25) is 4.79 Å². The van der Waals surface area contributed by atoms with Crippen molar-refractivity contribution in [1.29, 1.82) is 0 Å². The maximum Gasteiger partial charge on any atom is 0.260 e. The van der Waals surface area contributed by atoms with Crippen molar-refractivity contribution in [2.75, 3.05) is 27.2 Å². The molecule has 0 aliphatic carbocycles. The summed E-state index contributed by atoms with van der Waals surface area (Å²) in [7, 11) is 3.94. The minimum atomic E-state index is -0.478. The number of carbonyl (C=O) groups excluding carboxylic acids is 1. The molecule has 18 heavy (non-hydrogen) atoms. The number of nitrogens with zero attached hydrogens (tertiary/aromatic N) is 1. The van der Waals surface area contributed by atoms with Gasteiger partial charge in [0.25, 0.3) is 5.91 Å². The van der Waals surface area contributed by atoms with Crippen LogP contribution in [0.5, 0.6) is 5.75 Å². The zero-order chi connectivity index (χ0) is 13.5. The fourth-order valence-corrected chi connectivity index (χ4v) is 1.48. The van der Waals surface area contributed by atoms with E-state index in [4.69, 9.17) is 4.74 Å². The Labute approximate surface area is 109 Å². The van der Waals surface area contributed by atoms with E-state index < -0.39 is 6.10 Å². The van der Waals surface area contributed by atoms with Gasteiger partial charge in [-0.15, -0.1) is 0 Å². The minimum Gasteiger partial charge on any atom is -0.481 e. The second kappa shape index (κ2) is 7.01. The number of nitrogens with one attached hydrogen (secondary N) is 1. The summed E-state index contributed by atoms with van der Waals surface area (Å²) in [6.07, 6.45) is -0.478. The number of para-hydroxylation sites is 1. The first-order valence-corrected chi connectivity index (χ1v) is 6.15. The lowest BCUT2D eigenvalue weighted by Crippen LogP contribution is -2.39. The lowest BCUT2D eigenvalue weighted by Gasteiger charge is -2.17. The Morgan fingerprint density at radius 1 is 1.39 bits per heavy atom. The van der Waals surface area contributed by atoms with Crippen LogP contribution in [0.1, 0.15) is 12.5 Å². The van der Waals surface area contributed by atoms with Crippen LogP contribution in [0.4, 0.5) is 0 Å². The van der Waals surface area contributed by atoms with Gasteiger partial charge in [-0.05, 0) is 39.6 Å². The predicted octanol–water partition coefficient (Wildman–Crippen LogP) is 1.44. The number of ether oxygens (including phenoxy) is 1. The average molecular weight is 250 g/mol. The molecule has 0 bridgehead atoms. The lowest BCUT2D eigenvalue weighted by atomic mass is 10.2. The molecule has 4 nitrogen and oxygen atoms in total. The van der Waals surface area contributed by atoms with E-state index in [0.717, 1.165) is 17.9 Å². The van der Waals surface area contributed by atoms with Crippen LogP contribution in [0.25, 0.3) is 0 Å². The number of carbonyl (C=O) groups is 1. The lowest BCUT2D eigenvalue weighted by molar-refractivity contribution is -0.127. The third kappa shape index (κ3) is 4.75. The van der Waals surface area contributed by atoms with Gasteiger partial charge in [-0.2, -0.15) is 0 Å². The van der Waals surface area contributed by atoms with Crippen LogP contribution < -0.4 is 10.1 Å². The summed E-state index contributed by atoms with van der Waals surface area (Å²) in [6, 6.07) is 7.69. The quantitative estimate of drug-likeness (QED) is 0.830. The first-order valence-electron chi connectivity index (χ1n) is 6.15. The van der Waals surface area contributed by atoms with Gasteiger partial charge in [0, 0.05) is 13.1 Å². The van der Waals surface area contributed by atoms with E-state index >= 15 is 0 Å². The van der Waals surface area contributed by atoms with Gasteiger partial charge < -0.3 is 15.0 Å². The molecule has 1 rings (SSSR count). The van der Waals surface area contributed by atoms with E-state index in [1.807, 2.05) is 50.2 Å². The Bertz CT molecular complexity index is 391. The highest BCUT2D eigenvalue weighted by Crippen LogP contribution is 2.17. The maximum atomic E-state index is 11.8. The Balaban J connectivity index is 2.43. The molecule has 1 N–H and O–H groups in total. The predicted molar refractivity (Wildman–Crippen MR) is 72.8 cm³/mol. The van der Waals surface area contributed by atoms with E-state index in [-0.39, 0.29) is 5.91 Å². The second-order valence-electron chi connectivity index (χ2n) is 4.62. The molecular formula is C14H22N2O2. The van der Waals surface area contributed by atoms with Crippen molar-refractivity contribution in [3.8, 4) is 5.75 Å². The molecule has 4 heteroatoms. The van der Waals surface area contributed by atoms with E-state index in [1.54, 1.807) is 6.92 Å². The fraction of sp³-hybridized carbons (Fsp3) is 0.500. The number of amides is 1. The molecule has 100 valence electrons. The Hall–Kier alpha value is -1.55. The van der Waals surface area contributed by atoms with E-state index in [1.165, 1.54) is 0 Å². The Kier molecular flexibility index (Phi) is 5.65. The molecule has 1 atom stereocenters. The number of aryl methyl sites for hydroxylation is 1. The molecular weight excluding hydrogens is 228 g/mol. The molecule has 1 aromatic rings. The van der Waals surface area contributed by atoms with Crippen molar-refractivity contribution in [2.45, 2.75) is 20.0 Å². The Morgan fingerprint density at radius 2 is 2.06 bits per heavy atom. The van der Waals surface area contributed by atoms with Gasteiger partial charge >= 0.3 is 0 Å². The first kappa shape index (κ1) is 14.5. The largest absolute Gasteiger partial charge is 0.481 e.